The molecule has 134 valence electrons. The number of anilines is 1. The Hall–Kier alpha value is -2.28. The maximum Gasteiger partial charge on any atom is 0.272 e. The van der Waals surface area contributed by atoms with E-state index in [0.717, 1.165) is 4.90 Å². The van der Waals surface area contributed by atoms with Crippen molar-refractivity contribution in [3.8, 4) is 5.75 Å². The van der Waals surface area contributed by atoms with E-state index < -0.39 is 11.8 Å². The van der Waals surface area contributed by atoms with Gasteiger partial charge in [-0.25, -0.2) is 4.90 Å². The maximum absolute atomic E-state index is 13.1. The van der Waals surface area contributed by atoms with Crippen LogP contribution in [-0.4, -0.2) is 36.4 Å². The second kappa shape index (κ2) is 7.95. The Balaban J connectivity index is 2.05. The average Bonchev–Trinajstić information content (AvgIpc) is 2.90. The Morgan fingerprint density at radius 3 is 2.46 bits per heavy atom. The number of hydrogen-bond donors (Lipinski definition) is 1. The van der Waals surface area contributed by atoms with Crippen LogP contribution in [0.5, 0.6) is 5.75 Å². The quantitative estimate of drug-likeness (QED) is 0.767. The topological polar surface area (TPSA) is 66.8 Å². The number of ether oxygens (including phenoxy) is 1. The molecule has 0 atom stereocenters. The van der Waals surface area contributed by atoms with Crippen LogP contribution < -0.4 is 9.64 Å². The number of carbonyl (C=O) groups excluding carboxylic acids is 2. The molecule has 2 aromatic rings. The molecule has 2 aromatic carbocycles. The fourth-order valence-corrected chi connectivity index (χ4v) is 3.79. The number of nitrogens with zero attached hydrogens (tertiary/aromatic N) is 1. The Labute approximate surface area is 160 Å². The lowest BCUT2D eigenvalue weighted by Gasteiger charge is -2.16. The molecule has 1 N–H and O–H groups in total. The van der Waals surface area contributed by atoms with Gasteiger partial charge in [-0.1, -0.05) is 41.9 Å². The summed E-state index contributed by atoms with van der Waals surface area (Å²) in [6.07, 6.45) is 0. The number of hydrogen-bond acceptors (Lipinski definition) is 5. The Morgan fingerprint density at radius 2 is 1.85 bits per heavy atom. The number of rotatable bonds is 6. The SMILES string of the molecule is COc1ccc(N2C(=O)C(SCCO)=C(c3ccccc3)C2=O)cc1Cl. The predicted molar refractivity (Wildman–Crippen MR) is 103 cm³/mol. The minimum absolute atomic E-state index is 0.0912. The van der Waals surface area contributed by atoms with Crippen molar-refractivity contribution in [2.45, 2.75) is 0 Å². The van der Waals surface area contributed by atoms with Gasteiger partial charge in [-0.3, -0.25) is 9.59 Å². The summed E-state index contributed by atoms with van der Waals surface area (Å²) in [6.45, 7) is -0.0912. The Kier molecular flexibility index (Phi) is 5.66. The van der Waals surface area contributed by atoms with Gasteiger partial charge in [0.2, 0.25) is 0 Å². The van der Waals surface area contributed by atoms with Crippen LogP contribution in [0.4, 0.5) is 5.69 Å². The van der Waals surface area contributed by atoms with Gasteiger partial charge in [-0.2, -0.15) is 0 Å². The van der Waals surface area contributed by atoms with Gasteiger partial charge in [-0.15, -0.1) is 11.8 Å². The summed E-state index contributed by atoms with van der Waals surface area (Å²) in [5.41, 5.74) is 1.37. The van der Waals surface area contributed by atoms with Crippen LogP contribution in [0, 0.1) is 0 Å². The van der Waals surface area contributed by atoms with E-state index >= 15 is 0 Å². The average molecular weight is 390 g/mol. The summed E-state index contributed by atoms with van der Waals surface area (Å²) in [5.74, 6) is -0.0564. The number of aliphatic hydroxyl groups is 1. The predicted octanol–water partition coefficient (Wildman–Crippen LogP) is 3.36. The highest BCUT2D eigenvalue weighted by Gasteiger charge is 2.40. The third-order valence-corrected chi connectivity index (χ3v) is 5.18. The molecule has 2 amide bonds. The number of carbonyl (C=O) groups is 2. The van der Waals surface area contributed by atoms with Crippen molar-refractivity contribution >= 4 is 46.4 Å². The molecule has 3 rings (SSSR count). The normalized spacial score (nSPS) is 14.3. The van der Waals surface area contributed by atoms with E-state index in [4.69, 9.17) is 21.4 Å². The van der Waals surface area contributed by atoms with Crippen molar-refractivity contribution in [1.29, 1.82) is 0 Å². The monoisotopic (exact) mass is 389 g/mol. The summed E-state index contributed by atoms with van der Waals surface area (Å²) in [6, 6.07) is 13.8. The third kappa shape index (κ3) is 3.35. The van der Waals surface area contributed by atoms with E-state index in [9.17, 15) is 9.59 Å². The highest BCUT2D eigenvalue weighted by atomic mass is 35.5. The molecule has 5 nitrogen and oxygen atoms in total. The Morgan fingerprint density at radius 1 is 1.12 bits per heavy atom. The third-order valence-electron chi connectivity index (χ3n) is 3.84. The first-order valence-corrected chi connectivity index (χ1v) is 9.20. The van der Waals surface area contributed by atoms with Crippen LogP contribution in [0.3, 0.4) is 0 Å². The summed E-state index contributed by atoms with van der Waals surface area (Å²) in [4.78, 5) is 27.4. The number of halogens is 1. The van der Waals surface area contributed by atoms with Crippen molar-refractivity contribution in [1.82, 2.24) is 0 Å². The van der Waals surface area contributed by atoms with Gasteiger partial charge >= 0.3 is 0 Å². The van der Waals surface area contributed by atoms with Gasteiger partial charge in [0.15, 0.2) is 0 Å². The van der Waals surface area contributed by atoms with Crippen LogP contribution in [0.2, 0.25) is 5.02 Å². The van der Waals surface area contributed by atoms with Crippen molar-refractivity contribution < 1.29 is 19.4 Å². The van der Waals surface area contributed by atoms with Gasteiger partial charge in [0.05, 0.1) is 34.9 Å². The largest absolute Gasteiger partial charge is 0.495 e. The maximum atomic E-state index is 13.1. The van der Waals surface area contributed by atoms with E-state index in [0.29, 0.717) is 38.3 Å². The van der Waals surface area contributed by atoms with E-state index in [-0.39, 0.29) is 6.61 Å². The molecule has 0 saturated carbocycles. The zero-order chi connectivity index (χ0) is 18.7. The Bertz CT molecular complexity index is 882. The summed E-state index contributed by atoms with van der Waals surface area (Å²) in [5, 5.41) is 9.44. The zero-order valence-corrected chi connectivity index (χ0v) is 15.5. The number of thioether (sulfide) groups is 1. The molecule has 7 heteroatoms. The molecule has 0 spiro atoms. The van der Waals surface area contributed by atoms with E-state index in [1.165, 1.54) is 24.9 Å². The van der Waals surface area contributed by atoms with Crippen LogP contribution in [0.15, 0.2) is 53.4 Å². The zero-order valence-electron chi connectivity index (χ0n) is 13.9. The van der Waals surface area contributed by atoms with Crippen LogP contribution in [0.1, 0.15) is 5.56 Å². The number of imide groups is 1. The van der Waals surface area contributed by atoms with Crippen molar-refractivity contribution in [2.24, 2.45) is 0 Å². The standard InChI is InChI=1S/C19H16ClNO4S/c1-25-15-8-7-13(11-14(15)20)21-18(23)16(12-5-3-2-4-6-12)17(19(21)24)26-10-9-22/h2-8,11,22H,9-10H2,1H3. The van der Waals surface area contributed by atoms with Crippen molar-refractivity contribution in [3.63, 3.8) is 0 Å². The first-order chi connectivity index (χ1) is 12.6. The van der Waals surface area contributed by atoms with E-state index in [2.05, 4.69) is 0 Å². The molecule has 26 heavy (non-hydrogen) atoms. The molecule has 0 fully saturated rings. The molecular weight excluding hydrogens is 374 g/mol. The molecular formula is C19H16ClNO4S. The molecule has 1 aliphatic heterocycles. The molecule has 1 aliphatic rings. The molecule has 0 radical (unpaired) electrons. The lowest BCUT2D eigenvalue weighted by atomic mass is 10.1. The van der Waals surface area contributed by atoms with Gasteiger partial charge in [-0.05, 0) is 23.8 Å². The van der Waals surface area contributed by atoms with Gasteiger partial charge < -0.3 is 9.84 Å². The van der Waals surface area contributed by atoms with Crippen molar-refractivity contribution in [2.75, 3.05) is 24.4 Å². The molecule has 1 heterocycles. The molecule has 0 aliphatic carbocycles. The number of amides is 2. The van der Waals surface area contributed by atoms with E-state index in [1.54, 1.807) is 36.4 Å². The minimum Gasteiger partial charge on any atom is -0.495 e. The van der Waals surface area contributed by atoms with E-state index in [1.807, 2.05) is 6.07 Å². The number of aliphatic hydroxyl groups excluding tert-OH is 1. The minimum atomic E-state index is -0.423. The fraction of sp³-hybridized carbons (Fsp3) is 0.158. The first-order valence-electron chi connectivity index (χ1n) is 7.84. The molecule has 0 bridgehead atoms. The van der Waals surface area contributed by atoms with Crippen molar-refractivity contribution in [3.05, 3.63) is 64.0 Å². The van der Waals surface area contributed by atoms with Crippen LogP contribution in [0.25, 0.3) is 5.57 Å². The highest BCUT2D eigenvalue weighted by molar-refractivity contribution is 8.04. The molecule has 0 saturated heterocycles. The second-order valence-electron chi connectivity index (χ2n) is 5.41. The fourth-order valence-electron chi connectivity index (χ4n) is 2.68. The second-order valence-corrected chi connectivity index (χ2v) is 6.92. The smallest absolute Gasteiger partial charge is 0.272 e. The number of benzene rings is 2. The van der Waals surface area contributed by atoms with Crippen LogP contribution in [-0.2, 0) is 9.59 Å². The molecule has 0 aromatic heterocycles. The first kappa shape index (κ1) is 18.5. The summed E-state index contributed by atoms with van der Waals surface area (Å²) < 4.78 is 5.12. The van der Waals surface area contributed by atoms with Gasteiger partial charge in [0.1, 0.15) is 5.75 Å². The molecule has 0 unspecified atom stereocenters. The lowest BCUT2D eigenvalue weighted by Crippen LogP contribution is -2.31. The summed E-state index contributed by atoms with van der Waals surface area (Å²) >= 11 is 7.32. The number of methoxy groups -OCH3 is 1. The van der Waals surface area contributed by atoms with Gasteiger partial charge in [0, 0.05) is 5.75 Å². The highest BCUT2D eigenvalue weighted by Crippen LogP contribution is 2.39. The van der Waals surface area contributed by atoms with Gasteiger partial charge in [0.25, 0.3) is 11.8 Å². The lowest BCUT2D eigenvalue weighted by molar-refractivity contribution is -0.119. The summed E-state index contributed by atoms with van der Waals surface area (Å²) in [7, 11) is 1.49. The van der Waals surface area contributed by atoms with Crippen LogP contribution >= 0.6 is 23.4 Å².